The quantitative estimate of drug-likeness (QED) is 0.429. The molecule has 4 nitrogen and oxygen atoms in total. The van der Waals surface area contributed by atoms with Crippen LogP contribution in [-0.4, -0.2) is 68.3 Å². The molecule has 1 rings (SSSR count). The molecule has 0 bridgehead atoms. The first-order valence-corrected chi connectivity index (χ1v) is 7.64. The SMILES string of the molecule is O=COC(CN1CCOCC1)CC(F)(F)CCC(F)(F)CC(F)(F)F. The molecule has 0 aromatic heterocycles. The highest BCUT2D eigenvalue weighted by Crippen LogP contribution is 2.38. The first kappa shape index (κ1) is 21.9. The summed E-state index contributed by atoms with van der Waals surface area (Å²) in [4.78, 5) is 12.2. The van der Waals surface area contributed by atoms with E-state index in [0.717, 1.165) is 0 Å². The summed E-state index contributed by atoms with van der Waals surface area (Å²) in [7, 11) is 0. The van der Waals surface area contributed by atoms with Crippen molar-refractivity contribution in [3.05, 3.63) is 0 Å². The molecule has 0 saturated carbocycles. The molecule has 148 valence electrons. The third kappa shape index (κ3) is 9.83. The molecule has 1 saturated heterocycles. The average Bonchev–Trinajstić information content (AvgIpc) is 2.44. The standard InChI is InChI=1S/C14H20F7NO3/c15-12(16,1-2-13(17,18)9-14(19,20)21)7-11(25-10-23)8-22-3-5-24-6-4-22/h10-11H,1-9H2. The van der Waals surface area contributed by atoms with E-state index in [4.69, 9.17) is 4.74 Å². The maximum atomic E-state index is 13.9. The first-order valence-electron chi connectivity index (χ1n) is 7.64. The van der Waals surface area contributed by atoms with Gasteiger partial charge in [0, 0.05) is 38.9 Å². The number of carbonyl (C=O) groups is 1. The number of hydrogen-bond donors (Lipinski definition) is 0. The Hall–Kier alpha value is -1.10. The highest BCUT2D eigenvalue weighted by molar-refractivity contribution is 5.37. The van der Waals surface area contributed by atoms with Crippen molar-refractivity contribution in [1.29, 1.82) is 0 Å². The van der Waals surface area contributed by atoms with Gasteiger partial charge in [0.05, 0.1) is 13.2 Å². The molecule has 11 heteroatoms. The van der Waals surface area contributed by atoms with E-state index in [0.29, 0.717) is 26.3 Å². The second-order valence-electron chi connectivity index (χ2n) is 5.98. The topological polar surface area (TPSA) is 38.8 Å². The van der Waals surface area contributed by atoms with Crippen molar-refractivity contribution in [3.8, 4) is 0 Å². The zero-order valence-corrected chi connectivity index (χ0v) is 13.3. The minimum Gasteiger partial charge on any atom is -0.463 e. The van der Waals surface area contributed by atoms with E-state index in [2.05, 4.69) is 4.74 Å². The van der Waals surface area contributed by atoms with Gasteiger partial charge in [-0.2, -0.15) is 13.2 Å². The largest absolute Gasteiger partial charge is 0.463 e. The van der Waals surface area contributed by atoms with Crippen LogP contribution in [0, 0.1) is 0 Å². The minimum atomic E-state index is -5.14. The number of morpholine rings is 1. The zero-order valence-electron chi connectivity index (χ0n) is 13.3. The van der Waals surface area contributed by atoms with E-state index in [1.807, 2.05) is 0 Å². The molecule has 0 aliphatic carbocycles. The Labute approximate surface area is 140 Å². The molecule has 0 aromatic carbocycles. The van der Waals surface area contributed by atoms with E-state index in [1.54, 1.807) is 4.90 Å². The summed E-state index contributed by atoms with van der Waals surface area (Å²) < 4.78 is 99.7. The fourth-order valence-corrected chi connectivity index (χ4v) is 2.49. The van der Waals surface area contributed by atoms with E-state index in [9.17, 15) is 35.5 Å². The van der Waals surface area contributed by atoms with Gasteiger partial charge >= 0.3 is 6.18 Å². The van der Waals surface area contributed by atoms with E-state index in [-0.39, 0.29) is 13.0 Å². The van der Waals surface area contributed by atoms with E-state index in [1.165, 1.54) is 0 Å². The molecular formula is C14H20F7NO3. The van der Waals surface area contributed by atoms with Gasteiger partial charge in [0.2, 0.25) is 0 Å². The van der Waals surface area contributed by atoms with Gasteiger partial charge in [0.15, 0.2) is 0 Å². The minimum absolute atomic E-state index is 0.0144. The molecule has 1 aliphatic heterocycles. The number of hydrogen-bond acceptors (Lipinski definition) is 4. The van der Waals surface area contributed by atoms with Crippen molar-refractivity contribution in [2.75, 3.05) is 32.8 Å². The zero-order chi connectivity index (χ0) is 19.1. The summed E-state index contributed by atoms with van der Waals surface area (Å²) in [5, 5.41) is 0. The summed E-state index contributed by atoms with van der Waals surface area (Å²) in [6.45, 7) is 1.60. The molecule has 0 N–H and O–H groups in total. The van der Waals surface area contributed by atoms with Gasteiger partial charge in [-0.3, -0.25) is 9.69 Å². The Balaban J connectivity index is 2.54. The Morgan fingerprint density at radius 1 is 1.00 bits per heavy atom. The lowest BCUT2D eigenvalue weighted by molar-refractivity contribution is -0.194. The van der Waals surface area contributed by atoms with Gasteiger partial charge in [-0.1, -0.05) is 0 Å². The summed E-state index contributed by atoms with van der Waals surface area (Å²) in [5.41, 5.74) is 0. The molecule has 25 heavy (non-hydrogen) atoms. The van der Waals surface area contributed by atoms with Crippen molar-refractivity contribution in [3.63, 3.8) is 0 Å². The predicted octanol–water partition coefficient (Wildman–Crippen LogP) is 3.25. The molecule has 0 radical (unpaired) electrons. The lowest BCUT2D eigenvalue weighted by atomic mass is 10.0. The summed E-state index contributed by atoms with van der Waals surface area (Å²) in [6, 6.07) is 0. The molecule has 1 atom stereocenters. The van der Waals surface area contributed by atoms with E-state index < -0.39 is 49.8 Å². The van der Waals surface area contributed by atoms with Crippen molar-refractivity contribution in [2.24, 2.45) is 0 Å². The Bertz CT molecular complexity index is 412. The van der Waals surface area contributed by atoms with E-state index >= 15 is 0 Å². The van der Waals surface area contributed by atoms with Crippen LogP contribution in [0.25, 0.3) is 0 Å². The number of rotatable bonds is 10. The lowest BCUT2D eigenvalue weighted by Gasteiger charge is -2.31. The van der Waals surface area contributed by atoms with Gasteiger partial charge in [-0.05, 0) is 0 Å². The third-order valence-corrected chi connectivity index (χ3v) is 3.66. The molecule has 1 aliphatic rings. The normalized spacial score (nSPS) is 18.8. The monoisotopic (exact) mass is 383 g/mol. The van der Waals surface area contributed by atoms with Crippen LogP contribution in [0.4, 0.5) is 30.7 Å². The van der Waals surface area contributed by atoms with Crippen LogP contribution in [-0.2, 0) is 14.3 Å². The van der Waals surface area contributed by atoms with Crippen LogP contribution in [0.15, 0.2) is 0 Å². The van der Waals surface area contributed by atoms with Crippen molar-refractivity contribution in [2.45, 2.75) is 49.8 Å². The summed E-state index contributed by atoms with van der Waals surface area (Å²) >= 11 is 0. The lowest BCUT2D eigenvalue weighted by Crippen LogP contribution is -2.43. The number of alkyl halides is 7. The maximum absolute atomic E-state index is 13.9. The molecule has 1 fully saturated rings. The number of nitrogens with zero attached hydrogens (tertiary/aromatic N) is 1. The number of carbonyl (C=O) groups excluding carboxylic acids is 1. The second-order valence-corrected chi connectivity index (χ2v) is 5.98. The van der Waals surface area contributed by atoms with Crippen molar-refractivity contribution in [1.82, 2.24) is 4.90 Å². The number of ether oxygens (including phenoxy) is 2. The molecule has 1 heterocycles. The highest BCUT2D eigenvalue weighted by atomic mass is 19.4. The Morgan fingerprint density at radius 3 is 2.08 bits per heavy atom. The van der Waals surface area contributed by atoms with Gasteiger partial charge in [-0.25, -0.2) is 17.6 Å². The molecule has 0 aromatic rings. The Kier molecular flexibility index (Phi) is 7.91. The first-order chi connectivity index (χ1) is 11.4. The van der Waals surface area contributed by atoms with Gasteiger partial charge in [0.1, 0.15) is 12.5 Å². The smallest absolute Gasteiger partial charge is 0.394 e. The molecule has 0 amide bonds. The van der Waals surface area contributed by atoms with Crippen LogP contribution in [0.3, 0.4) is 0 Å². The van der Waals surface area contributed by atoms with Crippen LogP contribution < -0.4 is 0 Å². The molecular weight excluding hydrogens is 363 g/mol. The van der Waals surface area contributed by atoms with Gasteiger partial charge < -0.3 is 9.47 Å². The fraction of sp³-hybridized carbons (Fsp3) is 0.929. The van der Waals surface area contributed by atoms with Crippen LogP contribution in [0.1, 0.15) is 25.7 Å². The summed E-state index contributed by atoms with van der Waals surface area (Å²) in [6.07, 6.45) is -12.9. The third-order valence-electron chi connectivity index (χ3n) is 3.66. The van der Waals surface area contributed by atoms with Crippen molar-refractivity contribution < 1.29 is 45.0 Å². The maximum Gasteiger partial charge on any atom is 0.394 e. The summed E-state index contributed by atoms with van der Waals surface area (Å²) in [5.74, 6) is -7.96. The molecule has 0 spiro atoms. The second kappa shape index (κ2) is 9.02. The van der Waals surface area contributed by atoms with Gasteiger partial charge in [-0.15, -0.1) is 0 Å². The number of halogens is 7. The average molecular weight is 383 g/mol. The fourth-order valence-electron chi connectivity index (χ4n) is 2.49. The van der Waals surface area contributed by atoms with Crippen LogP contribution in [0.5, 0.6) is 0 Å². The van der Waals surface area contributed by atoms with Crippen molar-refractivity contribution >= 4 is 6.47 Å². The van der Waals surface area contributed by atoms with Crippen LogP contribution >= 0.6 is 0 Å². The van der Waals surface area contributed by atoms with Gasteiger partial charge in [0.25, 0.3) is 18.3 Å². The predicted molar refractivity (Wildman–Crippen MR) is 72.6 cm³/mol. The Morgan fingerprint density at radius 2 is 1.56 bits per heavy atom. The molecule has 1 unspecified atom stereocenters. The van der Waals surface area contributed by atoms with Crippen LogP contribution in [0.2, 0.25) is 0 Å². The highest BCUT2D eigenvalue weighted by Gasteiger charge is 2.46.